The van der Waals surface area contributed by atoms with E-state index in [-0.39, 0.29) is 6.04 Å². The molecule has 0 aliphatic heterocycles. The van der Waals surface area contributed by atoms with Gasteiger partial charge in [-0.2, -0.15) is 5.26 Å². The molecular weight excluding hydrogens is 232 g/mol. The molecule has 0 bridgehead atoms. The van der Waals surface area contributed by atoms with Crippen LogP contribution in [-0.4, -0.2) is 0 Å². The Morgan fingerprint density at radius 3 is 2.68 bits per heavy atom. The minimum absolute atomic E-state index is 0.270. The van der Waals surface area contributed by atoms with Crippen LogP contribution in [0.1, 0.15) is 35.2 Å². The highest BCUT2D eigenvalue weighted by Gasteiger charge is 2.06. The Morgan fingerprint density at radius 1 is 1.16 bits per heavy atom. The van der Waals surface area contributed by atoms with Crippen LogP contribution in [0.2, 0.25) is 0 Å². The van der Waals surface area contributed by atoms with E-state index in [0.29, 0.717) is 6.54 Å². The van der Waals surface area contributed by atoms with E-state index in [2.05, 4.69) is 49.5 Å². The summed E-state index contributed by atoms with van der Waals surface area (Å²) in [6.07, 6.45) is 0. The van der Waals surface area contributed by atoms with E-state index in [9.17, 15) is 0 Å². The van der Waals surface area contributed by atoms with Crippen molar-refractivity contribution in [3.05, 3.63) is 70.8 Å². The van der Waals surface area contributed by atoms with Crippen LogP contribution in [-0.2, 0) is 6.54 Å². The smallest absolute Gasteiger partial charge is 0.0995 e. The van der Waals surface area contributed by atoms with Crippen molar-refractivity contribution < 1.29 is 0 Å². The van der Waals surface area contributed by atoms with Gasteiger partial charge in [-0.05, 0) is 31.0 Å². The van der Waals surface area contributed by atoms with E-state index in [0.717, 1.165) is 11.1 Å². The molecule has 1 N–H and O–H groups in total. The lowest BCUT2D eigenvalue weighted by Gasteiger charge is -2.15. The predicted molar refractivity (Wildman–Crippen MR) is 77.6 cm³/mol. The van der Waals surface area contributed by atoms with Gasteiger partial charge in [0.05, 0.1) is 11.6 Å². The average molecular weight is 250 g/mol. The van der Waals surface area contributed by atoms with E-state index < -0.39 is 0 Å². The second kappa shape index (κ2) is 6.17. The third-order valence-electron chi connectivity index (χ3n) is 3.28. The molecule has 96 valence electrons. The molecule has 0 aliphatic carbocycles. The quantitative estimate of drug-likeness (QED) is 0.897. The van der Waals surface area contributed by atoms with Crippen molar-refractivity contribution in [1.82, 2.24) is 5.32 Å². The number of hydrogen-bond acceptors (Lipinski definition) is 2. The summed E-state index contributed by atoms with van der Waals surface area (Å²) < 4.78 is 0. The molecule has 2 heteroatoms. The summed E-state index contributed by atoms with van der Waals surface area (Å²) in [4.78, 5) is 0. The maximum atomic E-state index is 9.06. The summed E-state index contributed by atoms with van der Waals surface area (Å²) in [7, 11) is 0. The average Bonchev–Trinajstić information content (AvgIpc) is 2.45. The fraction of sp³-hybridized carbons (Fsp3) is 0.235. The van der Waals surface area contributed by atoms with Gasteiger partial charge in [-0.1, -0.05) is 48.0 Å². The van der Waals surface area contributed by atoms with Gasteiger partial charge in [0.2, 0.25) is 0 Å². The highest BCUT2D eigenvalue weighted by Crippen LogP contribution is 2.15. The molecule has 0 unspecified atom stereocenters. The number of benzene rings is 2. The van der Waals surface area contributed by atoms with E-state index in [1.54, 1.807) is 0 Å². The maximum absolute atomic E-state index is 9.06. The van der Waals surface area contributed by atoms with Gasteiger partial charge in [0.25, 0.3) is 0 Å². The molecule has 0 radical (unpaired) electrons. The molecule has 2 aromatic carbocycles. The second-order valence-corrected chi connectivity index (χ2v) is 4.79. The first-order valence-corrected chi connectivity index (χ1v) is 6.48. The van der Waals surface area contributed by atoms with E-state index in [4.69, 9.17) is 5.26 Å². The SMILES string of the molecule is Cc1cccc([C@@H](C)NCc2ccccc2C#N)c1. The zero-order chi connectivity index (χ0) is 13.7. The molecular formula is C17H18N2. The zero-order valence-corrected chi connectivity index (χ0v) is 11.4. The van der Waals surface area contributed by atoms with E-state index in [1.807, 2.05) is 24.3 Å². The lowest BCUT2D eigenvalue weighted by atomic mass is 10.0. The number of nitrogens with zero attached hydrogens (tertiary/aromatic N) is 1. The topological polar surface area (TPSA) is 35.8 Å². The number of hydrogen-bond donors (Lipinski definition) is 1. The van der Waals surface area contributed by atoms with Crippen LogP contribution in [0, 0.1) is 18.3 Å². The monoisotopic (exact) mass is 250 g/mol. The van der Waals surface area contributed by atoms with Crippen LogP contribution in [0.5, 0.6) is 0 Å². The summed E-state index contributed by atoms with van der Waals surface area (Å²) in [6, 6.07) is 18.7. The summed E-state index contributed by atoms with van der Waals surface area (Å²) in [6.45, 7) is 4.95. The van der Waals surface area contributed by atoms with Crippen molar-refractivity contribution in [3.8, 4) is 6.07 Å². The van der Waals surface area contributed by atoms with Gasteiger partial charge in [0.15, 0.2) is 0 Å². The van der Waals surface area contributed by atoms with Crippen molar-refractivity contribution in [2.24, 2.45) is 0 Å². The van der Waals surface area contributed by atoms with Crippen LogP contribution in [0.3, 0.4) is 0 Å². The predicted octanol–water partition coefficient (Wildman–Crippen LogP) is 3.72. The first kappa shape index (κ1) is 13.3. The first-order valence-electron chi connectivity index (χ1n) is 6.48. The van der Waals surface area contributed by atoms with Gasteiger partial charge >= 0.3 is 0 Å². The third-order valence-corrected chi connectivity index (χ3v) is 3.28. The largest absolute Gasteiger partial charge is 0.306 e. The van der Waals surface area contributed by atoms with Gasteiger partial charge in [-0.15, -0.1) is 0 Å². The molecule has 0 aliphatic rings. The Labute approximate surface area is 114 Å². The lowest BCUT2D eigenvalue weighted by Crippen LogP contribution is -2.18. The molecule has 0 heterocycles. The number of rotatable bonds is 4. The first-order chi connectivity index (χ1) is 9.20. The molecule has 0 fully saturated rings. The summed E-state index contributed by atoms with van der Waals surface area (Å²) in [5.41, 5.74) is 4.33. The number of aryl methyl sites for hydroxylation is 1. The molecule has 0 saturated carbocycles. The fourth-order valence-corrected chi connectivity index (χ4v) is 2.10. The Hall–Kier alpha value is -2.11. The minimum Gasteiger partial charge on any atom is -0.306 e. The molecule has 2 aromatic rings. The van der Waals surface area contributed by atoms with Gasteiger partial charge in [0.1, 0.15) is 0 Å². The van der Waals surface area contributed by atoms with Gasteiger partial charge in [0, 0.05) is 12.6 Å². The number of nitrogens with one attached hydrogen (secondary N) is 1. The van der Waals surface area contributed by atoms with E-state index in [1.165, 1.54) is 11.1 Å². The van der Waals surface area contributed by atoms with Crippen molar-refractivity contribution in [3.63, 3.8) is 0 Å². The van der Waals surface area contributed by atoms with Crippen LogP contribution >= 0.6 is 0 Å². The zero-order valence-electron chi connectivity index (χ0n) is 11.4. The molecule has 0 aromatic heterocycles. The molecule has 0 amide bonds. The van der Waals surface area contributed by atoms with Crippen molar-refractivity contribution >= 4 is 0 Å². The molecule has 0 spiro atoms. The van der Waals surface area contributed by atoms with Crippen LogP contribution < -0.4 is 5.32 Å². The van der Waals surface area contributed by atoms with Gasteiger partial charge in [-0.25, -0.2) is 0 Å². The van der Waals surface area contributed by atoms with Gasteiger partial charge in [-0.3, -0.25) is 0 Å². The third kappa shape index (κ3) is 3.43. The fourth-order valence-electron chi connectivity index (χ4n) is 2.10. The summed E-state index contributed by atoms with van der Waals surface area (Å²) in [5, 5.41) is 12.5. The van der Waals surface area contributed by atoms with Gasteiger partial charge < -0.3 is 5.32 Å². The Kier molecular flexibility index (Phi) is 4.33. The standard InChI is InChI=1S/C17H18N2/c1-13-6-5-9-15(10-13)14(2)19-12-17-8-4-3-7-16(17)11-18/h3-10,14,19H,12H2,1-2H3/t14-/m1/s1. The van der Waals surface area contributed by atoms with Crippen molar-refractivity contribution in [1.29, 1.82) is 5.26 Å². The highest BCUT2D eigenvalue weighted by atomic mass is 14.9. The van der Waals surface area contributed by atoms with Crippen LogP contribution in [0.25, 0.3) is 0 Å². The number of nitriles is 1. The summed E-state index contributed by atoms with van der Waals surface area (Å²) >= 11 is 0. The molecule has 1 atom stereocenters. The van der Waals surface area contributed by atoms with Crippen LogP contribution in [0.15, 0.2) is 48.5 Å². The molecule has 2 rings (SSSR count). The Morgan fingerprint density at radius 2 is 1.95 bits per heavy atom. The molecule has 2 nitrogen and oxygen atoms in total. The van der Waals surface area contributed by atoms with Crippen LogP contribution in [0.4, 0.5) is 0 Å². The Bertz CT molecular complexity index is 596. The molecule has 0 saturated heterocycles. The van der Waals surface area contributed by atoms with Crippen molar-refractivity contribution in [2.75, 3.05) is 0 Å². The van der Waals surface area contributed by atoms with Crippen molar-refractivity contribution in [2.45, 2.75) is 26.4 Å². The van der Waals surface area contributed by atoms with E-state index >= 15 is 0 Å². The second-order valence-electron chi connectivity index (χ2n) is 4.79. The molecule has 19 heavy (non-hydrogen) atoms. The highest BCUT2D eigenvalue weighted by molar-refractivity contribution is 5.37. The Balaban J connectivity index is 2.05. The minimum atomic E-state index is 0.270. The maximum Gasteiger partial charge on any atom is 0.0995 e. The summed E-state index contributed by atoms with van der Waals surface area (Å²) in [5.74, 6) is 0. The lowest BCUT2D eigenvalue weighted by molar-refractivity contribution is 0.574. The normalized spacial score (nSPS) is 11.8.